The van der Waals surface area contributed by atoms with Crippen LogP contribution in [0.25, 0.3) is 0 Å². The number of hydrogen-bond donors (Lipinski definition) is 1. The van der Waals surface area contributed by atoms with Crippen molar-refractivity contribution in [3.05, 3.63) is 36.4 Å². The number of amides is 2. The summed E-state index contributed by atoms with van der Waals surface area (Å²) in [5.74, 6) is 0.0535. The molecule has 154 valence electrons. The van der Waals surface area contributed by atoms with Gasteiger partial charge in [-0.15, -0.1) is 0 Å². The van der Waals surface area contributed by atoms with Gasteiger partial charge in [0.25, 0.3) is 10.0 Å². The molecule has 1 heterocycles. The Kier molecular flexibility index (Phi) is 5.64. The maximum absolute atomic E-state index is 13.1. The van der Waals surface area contributed by atoms with Gasteiger partial charge in [0.15, 0.2) is 0 Å². The molecule has 1 N–H and O–H groups in total. The van der Waals surface area contributed by atoms with Crippen LogP contribution < -0.4 is 23.8 Å². The Morgan fingerprint density at radius 2 is 1.52 bits per heavy atom. The quantitative estimate of drug-likeness (QED) is 0.683. The largest absolute Gasteiger partial charge is 0.497 e. The van der Waals surface area contributed by atoms with E-state index in [4.69, 9.17) is 14.2 Å². The number of ether oxygens (including phenoxy) is 3. The summed E-state index contributed by atoms with van der Waals surface area (Å²) < 4.78 is 44.1. The number of benzene rings is 2. The number of carbonyl (C=O) groups excluding carboxylic acids is 2. The van der Waals surface area contributed by atoms with Gasteiger partial charge in [0, 0.05) is 18.9 Å². The lowest BCUT2D eigenvalue weighted by Gasteiger charge is -2.18. The minimum Gasteiger partial charge on any atom is -0.497 e. The number of sulfonamides is 1. The highest BCUT2D eigenvalue weighted by atomic mass is 32.2. The number of imide groups is 1. The van der Waals surface area contributed by atoms with Gasteiger partial charge in [-0.25, -0.2) is 8.42 Å². The third kappa shape index (κ3) is 3.97. The normalized spacial score (nSPS) is 14.1. The van der Waals surface area contributed by atoms with Gasteiger partial charge < -0.3 is 14.2 Å². The van der Waals surface area contributed by atoms with Gasteiger partial charge in [-0.2, -0.15) is 0 Å². The summed E-state index contributed by atoms with van der Waals surface area (Å²) in [4.78, 5) is 24.8. The summed E-state index contributed by atoms with van der Waals surface area (Å²) in [7, 11) is 0.0704. The Labute approximate surface area is 168 Å². The molecule has 0 aliphatic carbocycles. The van der Waals surface area contributed by atoms with Crippen molar-refractivity contribution in [3.8, 4) is 17.2 Å². The molecule has 1 aliphatic rings. The van der Waals surface area contributed by atoms with Crippen molar-refractivity contribution >= 4 is 33.2 Å². The lowest BCUT2D eigenvalue weighted by Crippen LogP contribution is -2.28. The van der Waals surface area contributed by atoms with E-state index in [1.54, 1.807) is 6.07 Å². The summed E-state index contributed by atoms with van der Waals surface area (Å²) in [5.41, 5.74) is 0.356. The van der Waals surface area contributed by atoms with Crippen molar-refractivity contribution in [3.63, 3.8) is 0 Å². The summed E-state index contributed by atoms with van der Waals surface area (Å²) >= 11 is 0. The summed E-state index contributed by atoms with van der Waals surface area (Å²) in [6.45, 7) is 0. The van der Waals surface area contributed by atoms with Gasteiger partial charge in [0.1, 0.15) is 22.1 Å². The highest BCUT2D eigenvalue weighted by Gasteiger charge is 2.32. The summed E-state index contributed by atoms with van der Waals surface area (Å²) in [6, 6.07) is 8.71. The van der Waals surface area contributed by atoms with E-state index in [1.807, 2.05) is 0 Å². The average Bonchev–Trinajstić information content (AvgIpc) is 3.05. The lowest BCUT2D eigenvalue weighted by molar-refractivity contribution is -0.121. The first-order valence-electron chi connectivity index (χ1n) is 8.59. The van der Waals surface area contributed by atoms with Crippen LogP contribution in [0.5, 0.6) is 17.2 Å². The zero-order valence-corrected chi connectivity index (χ0v) is 16.9. The highest BCUT2D eigenvalue weighted by Crippen LogP contribution is 2.35. The van der Waals surface area contributed by atoms with Crippen LogP contribution in [-0.4, -0.2) is 41.6 Å². The Balaban J connectivity index is 2.03. The van der Waals surface area contributed by atoms with Crippen LogP contribution in [-0.2, 0) is 19.6 Å². The molecule has 9 nitrogen and oxygen atoms in total. The maximum Gasteiger partial charge on any atom is 0.265 e. The molecule has 3 rings (SSSR count). The topological polar surface area (TPSA) is 111 Å². The number of methoxy groups -OCH3 is 3. The van der Waals surface area contributed by atoms with Crippen molar-refractivity contribution in [2.45, 2.75) is 17.7 Å². The number of hydrogen-bond acceptors (Lipinski definition) is 7. The van der Waals surface area contributed by atoms with E-state index in [1.165, 1.54) is 51.7 Å². The van der Waals surface area contributed by atoms with Crippen LogP contribution in [0.15, 0.2) is 41.3 Å². The fraction of sp³-hybridized carbons (Fsp3) is 0.263. The molecule has 0 radical (unpaired) electrons. The van der Waals surface area contributed by atoms with E-state index in [-0.39, 0.29) is 52.4 Å². The summed E-state index contributed by atoms with van der Waals surface area (Å²) in [5, 5.41) is 0. The molecule has 1 saturated heterocycles. The number of anilines is 2. The second kappa shape index (κ2) is 8.00. The number of carbonyl (C=O) groups is 2. The Hall–Kier alpha value is -3.27. The van der Waals surface area contributed by atoms with E-state index >= 15 is 0 Å². The highest BCUT2D eigenvalue weighted by molar-refractivity contribution is 7.92. The molecule has 0 atom stereocenters. The van der Waals surface area contributed by atoms with Gasteiger partial charge >= 0.3 is 0 Å². The number of rotatable bonds is 7. The molecule has 2 aromatic rings. The van der Waals surface area contributed by atoms with Crippen molar-refractivity contribution in [1.82, 2.24) is 0 Å². The van der Waals surface area contributed by atoms with E-state index in [0.717, 1.165) is 4.90 Å². The second-order valence-corrected chi connectivity index (χ2v) is 7.78. The molecule has 0 bridgehead atoms. The molecule has 29 heavy (non-hydrogen) atoms. The van der Waals surface area contributed by atoms with Crippen LogP contribution in [0.3, 0.4) is 0 Å². The third-order valence-electron chi connectivity index (χ3n) is 4.40. The van der Waals surface area contributed by atoms with E-state index in [9.17, 15) is 18.0 Å². The van der Waals surface area contributed by atoms with E-state index < -0.39 is 10.0 Å². The molecule has 2 aromatic carbocycles. The van der Waals surface area contributed by atoms with Gasteiger partial charge in [-0.3, -0.25) is 19.2 Å². The minimum absolute atomic E-state index is 0.0628. The van der Waals surface area contributed by atoms with Crippen LogP contribution in [0.1, 0.15) is 12.8 Å². The smallest absolute Gasteiger partial charge is 0.265 e. The fourth-order valence-electron chi connectivity index (χ4n) is 2.96. The van der Waals surface area contributed by atoms with Gasteiger partial charge in [-0.05, 0) is 30.3 Å². The molecule has 1 aliphatic heterocycles. The van der Waals surface area contributed by atoms with Crippen molar-refractivity contribution < 1.29 is 32.2 Å². The zero-order valence-electron chi connectivity index (χ0n) is 16.1. The first kappa shape index (κ1) is 20.5. The second-order valence-electron chi connectivity index (χ2n) is 6.13. The predicted octanol–water partition coefficient (Wildman–Crippen LogP) is 2.17. The lowest BCUT2D eigenvalue weighted by atomic mass is 10.2. The first-order chi connectivity index (χ1) is 13.8. The standard InChI is InChI=1S/C19H20N2O7S/c1-26-13-5-6-14(16(11-13)28-3)20-29(24,25)17-10-12(4-7-15(17)27-2)21-18(22)8-9-19(21)23/h4-7,10-11,20H,8-9H2,1-3H3. The Bertz CT molecular complexity index is 1050. The Morgan fingerprint density at radius 1 is 0.862 bits per heavy atom. The van der Waals surface area contributed by atoms with Gasteiger partial charge in [-0.1, -0.05) is 0 Å². The van der Waals surface area contributed by atoms with Gasteiger partial charge in [0.2, 0.25) is 11.8 Å². The molecule has 10 heteroatoms. The molecular weight excluding hydrogens is 400 g/mol. The number of nitrogens with zero attached hydrogens (tertiary/aromatic N) is 1. The van der Waals surface area contributed by atoms with E-state index in [2.05, 4.69) is 4.72 Å². The third-order valence-corrected chi connectivity index (χ3v) is 5.79. The molecule has 0 unspecified atom stereocenters. The molecule has 0 aromatic heterocycles. The molecule has 2 amide bonds. The van der Waals surface area contributed by atoms with E-state index in [0.29, 0.717) is 5.75 Å². The van der Waals surface area contributed by atoms with Crippen LogP contribution in [0.2, 0.25) is 0 Å². The van der Waals surface area contributed by atoms with Crippen LogP contribution in [0, 0.1) is 0 Å². The molecule has 0 spiro atoms. The van der Waals surface area contributed by atoms with Crippen molar-refractivity contribution in [2.75, 3.05) is 31.0 Å². The molecule has 1 fully saturated rings. The monoisotopic (exact) mass is 420 g/mol. The SMILES string of the molecule is COc1ccc(NS(=O)(=O)c2cc(N3C(=O)CCC3=O)ccc2OC)c(OC)c1. The van der Waals surface area contributed by atoms with Crippen molar-refractivity contribution in [2.24, 2.45) is 0 Å². The summed E-state index contributed by atoms with van der Waals surface area (Å²) in [6.07, 6.45) is 0.183. The predicted molar refractivity (Wildman–Crippen MR) is 105 cm³/mol. The average molecular weight is 420 g/mol. The van der Waals surface area contributed by atoms with Crippen LogP contribution >= 0.6 is 0 Å². The molecular formula is C19H20N2O7S. The fourth-order valence-corrected chi connectivity index (χ4v) is 4.22. The van der Waals surface area contributed by atoms with Gasteiger partial charge in [0.05, 0.1) is 32.7 Å². The first-order valence-corrected chi connectivity index (χ1v) is 10.1. The Morgan fingerprint density at radius 3 is 2.10 bits per heavy atom. The van der Waals surface area contributed by atoms with Crippen molar-refractivity contribution in [1.29, 1.82) is 0 Å². The zero-order chi connectivity index (χ0) is 21.2. The molecule has 0 saturated carbocycles. The van der Waals surface area contributed by atoms with Crippen LogP contribution in [0.4, 0.5) is 11.4 Å². The maximum atomic E-state index is 13.1. The number of nitrogens with one attached hydrogen (secondary N) is 1. The minimum atomic E-state index is -4.14.